The lowest BCUT2D eigenvalue weighted by Gasteiger charge is -2.30. The first-order valence-electron chi connectivity index (χ1n) is 8.41. The quantitative estimate of drug-likeness (QED) is 0.921. The fourth-order valence-electron chi connectivity index (χ4n) is 3.59. The Bertz CT molecular complexity index is 587. The first-order chi connectivity index (χ1) is 11.0. The number of hydrogen-bond acceptors (Lipinski definition) is 2. The first-order valence-corrected chi connectivity index (χ1v) is 8.78. The summed E-state index contributed by atoms with van der Waals surface area (Å²) >= 11 is 5.89. The number of halogens is 1. The second kappa shape index (κ2) is 6.91. The van der Waals surface area contributed by atoms with E-state index < -0.39 is 0 Å². The van der Waals surface area contributed by atoms with Crippen molar-refractivity contribution in [3.05, 3.63) is 29.3 Å². The average Bonchev–Trinajstić information content (AvgIpc) is 2.92. The molecule has 0 aromatic heterocycles. The molecule has 0 bridgehead atoms. The largest absolute Gasteiger partial charge is 0.353 e. The van der Waals surface area contributed by atoms with Crippen molar-refractivity contribution in [2.45, 2.75) is 45.1 Å². The molecule has 23 heavy (non-hydrogen) atoms. The predicted octanol–water partition coefficient (Wildman–Crippen LogP) is 3.39. The molecule has 124 valence electrons. The van der Waals surface area contributed by atoms with E-state index in [0.717, 1.165) is 12.1 Å². The van der Waals surface area contributed by atoms with Crippen LogP contribution in [0.1, 0.15) is 39.0 Å². The Kier molecular flexibility index (Phi) is 4.90. The Morgan fingerprint density at radius 2 is 1.91 bits per heavy atom. The maximum Gasteiger partial charge on any atom is 0.227 e. The molecule has 2 amide bonds. The van der Waals surface area contributed by atoms with Crippen LogP contribution in [0.3, 0.4) is 0 Å². The highest BCUT2D eigenvalue weighted by Crippen LogP contribution is 2.28. The molecule has 1 aliphatic carbocycles. The van der Waals surface area contributed by atoms with E-state index in [1.54, 1.807) is 17.0 Å². The summed E-state index contributed by atoms with van der Waals surface area (Å²) in [5.74, 6) is 0.294. The molecule has 1 heterocycles. The van der Waals surface area contributed by atoms with Gasteiger partial charge in [0.1, 0.15) is 0 Å². The number of carbonyl (C=O) groups is 2. The van der Waals surface area contributed by atoms with Gasteiger partial charge >= 0.3 is 0 Å². The average molecular weight is 335 g/mol. The topological polar surface area (TPSA) is 49.4 Å². The van der Waals surface area contributed by atoms with Gasteiger partial charge in [0.25, 0.3) is 0 Å². The van der Waals surface area contributed by atoms with Gasteiger partial charge in [-0.1, -0.05) is 31.4 Å². The second-order valence-corrected chi connectivity index (χ2v) is 7.20. The van der Waals surface area contributed by atoms with Crippen molar-refractivity contribution in [2.75, 3.05) is 11.4 Å². The first kappa shape index (κ1) is 16.3. The summed E-state index contributed by atoms with van der Waals surface area (Å²) in [5, 5.41) is 3.81. The van der Waals surface area contributed by atoms with Crippen LogP contribution in [0.25, 0.3) is 0 Å². The van der Waals surface area contributed by atoms with Gasteiger partial charge in [-0.15, -0.1) is 0 Å². The molecule has 1 aromatic rings. The van der Waals surface area contributed by atoms with Crippen molar-refractivity contribution in [2.24, 2.45) is 11.8 Å². The summed E-state index contributed by atoms with van der Waals surface area (Å²) in [4.78, 5) is 26.5. The Balaban J connectivity index is 1.62. The van der Waals surface area contributed by atoms with Gasteiger partial charge in [0.05, 0.1) is 5.92 Å². The summed E-state index contributed by atoms with van der Waals surface area (Å²) < 4.78 is 0. The Morgan fingerprint density at radius 1 is 1.22 bits per heavy atom. The van der Waals surface area contributed by atoms with Crippen molar-refractivity contribution in [3.8, 4) is 0 Å². The van der Waals surface area contributed by atoms with Gasteiger partial charge in [-0.2, -0.15) is 0 Å². The Morgan fingerprint density at radius 3 is 2.61 bits per heavy atom. The standard InChI is InChI=1S/C18H23ClN2O2/c1-12-4-2-3-5-16(12)20-18(23)13-10-17(22)21(11-13)15-8-6-14(19)7-9-15/h6-9,12-13,16H,2-5,10-11H2,1H3,(H,20,23)/t12-,13-,16+/m1/s1. The maximum absolute atomic E-state index is 12.5. The number of benzene rings is 1. The Labute approximate surface area is 142 Å². The fraction of sp³-hybridized carbons (Fsp3) is 0.556. The lowest BCUT2D eigenvalue weighted by molar-refractivity contribution is -0.127. The molecule has 3 atom stereocenters. The molecule has 0 radical (unpaired) electrons. The van der Waals surface area contributed by atoms with E-state index >= 15 is 0 Å². The van der Waals surface area contributed by atoms with E-state index in [4.69, 9.17) is 11.6 Å². The van der Waals surface area contributed by atoms with Gasteiger partial charge in [-0.3, -0.25) is 9.59 Å². The molecule has 1 saturated heterocycles. The zero-order chi connectivity index (χ0) is 16.4. The van der Waals surface area contributed by atoms with Gasteiger partial charge in [0.2, 0.25) is 11.8 Å². The van der Waals surface area contributed by atoms with E-state index in [-0.39, 0.29) is 30.2 Å². The molecule has 1 saturated carbocycles. The van der Waals surface area contributed by atoms with Crippen molar-refractivity contribution >= 4 is 29.1 Å². The van der Waals surface area contributed by atoms with Gasteiger partial charge < -0.3 is 10.2 Å². The van der Waals surface area contributed by atoms with Crippen molar-refractivity contribution < 1.29 is 9.59 Å². The normalized spacial score (nSPS) is 28.0. The number of nitrogens with zero attached hydrogens (tertiary/aromatic N) is 1. The van der Waals surface area contributed by atoms with E-state index in [1.165, 1.54) is 19.3 Å². The molecular weight excluding hydrogens is 312 g/mol. The fourth-order valence-corrected chi connectivity index (χ4v) is 3.71. The lowest BCUT2D eigenvalue weighted by Crippen LogP contribution is -2.44. The number of hydrogen-bond donors (Lipinski definition) is 1. The lowest BCUT2D eigenvalue weighted by atomic mass is 9.85. The highest BCUT2D eigenvalue weighted by molar-refractivity contribution is 6.30. The maximum atomic E-state index is 12.5. The number of rotatable bonds is 3. The summed E-state index contributed by atoms with van der Waals surface area (Å²) in [6, 6.07) is 7.44. The second-order valence-electron chi connectivity index (χ2n) is 6.76. The SMILES string of the molecule is C[C@@H]1CCCC[C@@H]1NC(=O)[C@@H]1CC(=O)N(c2ccc(Cl)cc2)C1. The van der Waals surface area contributed by atoms with Crippen LogP contribution in [0.5, 0.6) is 0 Å². The van der Waals surface area contributed by atoms with Gasteiger partial charge in [0.15, 0.2) is 0 Å². The van der Waals surface area contributed by atoms with E-state index in [1.807, 2.05) is 12.1 Å². The van der Waals surface area contributed by atoms with Crippen molar-refractivity contribution in [1.29, 1.82) is 0 Å². The van der Waals surface area contributed by atoms with Gasteiger partial charge in [0, 0.05) is 29.7 Å². The predicted molar refractivity (Wildman–Crippen MR) is 91.5 cm³/mol. The van der Waals surface area contributed by atoms with Gasteiger partial charge in [-0.05, 0) is 43.0 Å². The van der Waals surface area contributed by atoms with Crippen LogP contribution in [0.15, 0.2) is 24.3 Å². The van der Waals surface area contributed by atoms with E-state index in [9.17, 15) is 9.59 Å². The molecule has 0 spiro atoms. The van der Waals surface area contributed by atoms with Crippen LogP contribution in [0, 0.1) is 11.8 Å². The molecule has 2 fully saturated rings. The molecule has 3 rings (SSSR count). The summed E-state index contributed by atoms with van der Waals surface area (Å²) in [6.45, 7) is 2.65. The highest BCUT2D eigenvalue weighted by atomic mass is 35.5. The van der Waals surface area contributed by atoms with Crippen LogP contribution in [-0.2, 0) is 9.59 Å². The third kappa shape index (κ3) is 3.69. The minimum atomic E-state index is -0.257. The van der Waals surface area contributed by atoms with Crippen molar-refractivity contribution in [3.63, 3.8) is 0 Å². The van der Waals surface area contributed by atoms with Crippen LogP contribution in [-0.4, -0.2) is 24.4 Å². The minimum absolute atomic E-state index is 0.00386. The zero-order valence-electron chi connectivity index (χ0n) is 13.4. The number of amides is 2. The third-order valence-corrected chi connectivity index (χ3v) is 5.33. The van der Waals surface area contributed by atoms with Crippen LogP contribution < -0.4 is 10.2 Å². The molecule has 1 N–H and O–H groups in total. The molecule has 2 aliphatic rings. The zero-order valence-corrected chi connectivity index (χ0v) is 14.2. The number of nitrogens with one attached hydrogen (secondary N) is 1. The molecule has 1 aliphatic heterocycles. The molecule has 4 nitrogen and oxygen atoms in total. The monoisotopic (exact) mass is 334 g/mol. The minimum Gasteiger partial charge on any atom is -0.353 e. The molecular formula is C18H23ClN2O2. The number of carbonyl (C=O) groups excluding carboxylic acids is 2. The third-order valence-electron chi connectivity index (χ3n) is 5.07. The summed E-state index contributed by atoms with van der Waals surface area (Å²) in [6.07, 6.45) is 4.94. The Hall–Kier alpha value is -1.55. The molecule has 5 heteroatoms. The highest BCUT2D eigenvalue weighted by Gasteiger charge is 2.36. The smallest absolute Gasteiger partial charge is 0.227 e. The summed E-state index contributed by atoms with van der Waals surface area (Å²) in [5.41, 5.74) is 0.806. The molecule has 0 unspecified atom stereocenters. The summed E-state index contributed by atoms with van der Waals surface area (Å²) in [7, 11) is 0. The molecule has 1 aromatic carbocycles. The number of anilines is 1. The van der Waals surface area contributed by atoms with Crippen molar-refractivity contribution in [1.82, 2.24) is 5.32 Å². The van der Waals surface area contributed by atoms with E-state index in [0.29, 0.717) is 17.5 Å². The van der Waals surface area contributed by atoms with Crippen LogP contribution in [0.4, 0.5) is 5.69 Å². The van der Waals surface area contributed by atoms with Gasteiger partial charge in [-0.25, -0.2) is 0 Å². The van der Waals surface area contributed by atoms with Crippen LogP contribution >= 0.6 is 11.6 Å². The van der Waals surface area contributed by atoms with E-state index in [2.05, 4.69) is 12.2 Å². The van der Waals surface area contributed by atoms with Crippen LogP contribution in [0.2, 0.25) is 5.02 Å².